The second-order valence-electron chi connectivity index (χ2n) is 3.40. The molecule has 0 radical (unpaired) electrons. The lowest BCUT2D eigenvalue weighted by molar-refractivity contribution is -0.123. The summed E-state index contributed by atoms with van der Waals surface area (Å²) in [6, 6.07) is 5.00. The van der Waals surface area contributed by atoms with Gasteiger partial charge < -0.3 is 0 Å². The minimum absolute atomic E-state index is 0.127. The molecule has 3 nitrogen and oxygen atoms in total. The maximum Gasteiger partial charge on any atom is 0.231 e. The summed E-state index contributed by atoms with van der Waals surface area (Å²) >= 11 is 0. The minimum atomic E-state index is -0.199. The SMILES string of the molecule is CC(=O)NN1Cc2cccc(F)c2C1. The van der Waals surface area contributed by atoms with Crippen molar-refractivity contribution in [3.8, 4) is 0 Å². The second kappa shape index (κ2) is 3.38. The molecule has 0 saturated heterocycles. The zero-order valence-electron chi connectivity index (χ0n) is 7.88. The second-order valence-corrected chi connectivity index (χ2v) is 3.40. The highest BCUT2D eigenvalue weighted by Gasteiger charge is 2.21. The van der Waals surface area contributed by atoms with Crippen LogP contribution in [0.3, 0.4) is 0 Å². The first-order valence-electron chi connectivity index (χ1n) is 4.45. The predicted octanol–water partition coefficient (Wildman–Crippen LogP) is 1.19. The molecule has 14 heavy (non-hydrogen) atoms. The van der Waals surface area contributed by atoms with Gasteiger partial charge >= 0.3 is 0 Å². The normalized spacial score (nSPS) is 15.3. The lowest BCUT2D eigenvalue weighted by Crippen LogP contribution is -2.36. The number of benzene rings is 1. The number of carbonyl (C=O) groups is 1. The number of nitrogens with one attached hydrogen (secondary N) is 1. The summed E-state index contributed by atoms with van der Waals surface area (Å²) in [7, 11) is 0. The fraction of sp³-hybridized carbons (Fsp3) is 0.300. The van der Waals surface area contributed by atoms with Gasteiger partial charge in [-0.15, -0.1) is 0 Å². The van der Waals surface area contributed by atoms with Gasteiger partial charge in [0.2, 0.25) is 5.91 Å². The van der Waals surface area contributed by atoms with Crippen LogP contribution in [0.1, 0.15) is 18.1 Å². The first kappa shape index (κ1) is 9.15. The van der Waals surface area contributed by atoms with Crippen LogP contribution in [0.5, 0.6) is 0 Å². The minimum Gasteiger partial charge on any atom is -0.289 e. The number of hydrogen-bond donors (Lipinski definition) is 1. The fourth-order valence-electron chi connectivity index (χ4n) is 1.68. The van der Waals surface area contributed by atoms with Gasteiger partial charge in [-0.25, -0.2) is 9.40 Å². The van der Waals surface area contributed by atoms with E-state index in [1.807, 2.05) is 6.07 Å². The van der Waals surface area contributed by atoms with E-state index in [1.165, 1.54) is 13.0 Å². The van der Waals surface area contributed by atoms with Gasteiger partial charge in [0.05, 0.1) is 0 Å². The molecule has 0 unspecified atom stereocenters. The molecule has 0 atom stereocenters. The largest absolute Gasteiger partial charge is 0.289 e. The standard InChI is InChI=1S/C10H11FN2O/c1-7(14)12-13-5-8-3-2-4-10(11)9(8)6-13/h2-4H,5-6H2,1H3,(H,12,14). The Labute approximate surface area is 81.5 Å². The lowest BCUT2D eigenvalue weighted by atomic mass is 10.1. The van der Waals surface area contributed by atoms with Crippen molar-refractivity contribution in [1.82, 2.24) is 10.4 Å². The van der Waals surface area contributed by atoms with Crippen LogP contribution >= 0.6 is 0 Å². The Morgan fingerprint density at radius 2 is 2.29 bits per heavy atom. The van der Waals surface area contributed by atoms with Crippen molar-refractivity contribution in [2.24, 2.45) is 0 Å². The van der Waals surface area contributed by atoms with Crippen molar-refractivity contribution >= 4 is 5.91 Å². The molecule has 1 aliphatic rings. The highest BCUT2D eigenvalue weighted by atomic mass is 19.1. The molecular weight excluding hydrogens is 183 g/mol. The molecule has 1 aromatic carbocycles. The Hall–Kier alpha value is -1.42. The number of rotatable bonds is 1. The van der Waals surface area contributed by atoms with Gasteiger partial charge in [0.15, 0.2) is 0 Å². The number of hydrogen-bond acceptors (Lipinski definition) is 2. The fourth-order valence-corrected chi connectivity index (χ4v) is 1.68. The molecule has 2 rings (SSSR count). The molecule has 0 aliphatic carbocycles. The molecule has 0 bridgehead atoms. The van der Waals surface area contributed by atoms with Crippen molar-refractivity contribution < 1.29 is 9.18 Å². The molecule has 1 amide bonds. The van der Waals surface area contributed by atoms with E-state index in [0.29, 0.717) is 18.7 Å². The average molecular weight is 194 g/mol. The van der Waals surface area contributed by atoms with E-state index >= 15 is 0 Å². The maximum atomic E-state index is 13.3. The number of carbonyl (C=O) groups excluding carboxylic acids is 1. The van der Waals surface area contributed by atoms with Crippen LogP contribution in [0, 0.1) is 5.82 Å². The summed E-state index contributed by atoms with van der Waals surface area (Å²) in [5.41, 5.74) is 4.27. The molecular formula is C10H11FN2O. The Bertz CT molecular complexity index is 378. The summed E-state index contributed by atoms with van der Waals surface area (Å²) in [5.74, 6) is -0.325. The van der Waals surface area contributed by atoms with Crippen molar-refractivity contribution in [1.29, 1.82) is 0 Å². The summed E-state index contributed by atoms with van der Waals surface area (Å²) in [6.45, 7) is 2.47. The molecule has 0 fully saturated rings. The van der Waals surface area contributed by atoms with E-state index < -0.39 is 0 Å². The summed E-state index contributed by atoms with van der Waals surface area (Å²) in [6.07, 6.45) is 0. The van der Waals surface area contributed by atoms with E-state index in [2.05, 4.69) is 5.43 Å². The molecule has 1 heterocycles. The number of fused-ring (bicyclic) bond motifs is 1. The summed E-state index contributed by atoms with van der Waals surface area (Å²) in [4.78, 5) is 10.8. The van der Waals surface area contributed by atoms with E-state index in [1.54, 1.807) is 11.1 Å². The average Bonchev–Trinajstić information content (AvgIpc) is 2.47. The third-order valence-electron chi connectivity index (χ3n) is 2.24. The maximum absolute atomic E-state index is 13.3. The number of halogens is 1. The van der Waals surface area contributed by atoms with Gasteiger partial charge in [-0.05, 0) is 11.6 Å². The topological polar surface area (TPSA) is 32.3 Å². The Kier molecular flexibility index (Phi) is 2.21. The molecule has 1 aliphatic heterocycles. The van der Waals surface area contributed by atoms with Crippen LogP contribution in [0.25, 0.3) is 0 Å². The molecule has 0 saturated carbocycles. The van der Waals surface area contributed by atoms with Crippen LogP contribution in [0.15, 0.2) is 18.2 Å². The number of nitrogens with zero attached hydrogens (tertiary/aromatic N) is 1. The first-order chi connectivity index (χ1) is 6.66. The van der Waals surface area contributed by atoms with E-state index in [-0.39, 0.29) is 11.7 Å². The van der Waals surface area contributed by atoms with Gasteiger partial charge in [-0.1, -0.05) is 12.1 Å². The summed E-state index contributed by atoms with van der Waals surface area (Å²) in [5, 5.41) is 1.70. The van der Waals surface area contributed by atoms with Crippen molar-refractivity contribution in [3.63, 3.8) is 0 Å². The van der Waals surface area contributed by atoms with E-state index in [0.717, 1.165) is 5.56 Å². The van der Waals surface area contributed by atoms with Gasteiger partial charge in [-0.2, -0.15) is 0 Å². The zero-order valence-corrected chi connectivity index (χ0v) is 7.88. The zero-order chi connectivity index (χ0) is 10.1. The first-order valence-corrected chi connectivity index (χ1v) is 4.45. The van der Waals surface area contributed by atoms with Crippen molar-refractivity contribution in [2.45, 2.75) is 20.0 Å². The van der Waals surface area contributed by atoms with Crippen LogP contribution in [-0.2, 0) is 17.9 Å². The van der Waals surface area contributed by atoms with Crippen molar-refractivity contribution in [2.75, 3.05) is 0 Å². The number of hydrazine groups is 1. The molecule has 74 valence electrons. The highest BCUT2D eigenvalue weighted by Crippen LogP contribution is 2.23. The van der Waals surface area contributed by atoms with Crippen LogP contribution < -0.4 is 5.43 Å². The Balaban J connectivity index is 2.18. The molecule has 1 aromatic rings. The summed E-state index contributed by atoms with van der Waals surface area (Å²) < 4.78 is 13.3. The monoisotopic (exact) mass is 194 g/mol. The smallest absolute Gasteiger partial charge is 0.231 e. The van der Waals surface area contributed by atoms with Crippen LogP contribution in [-0.4, -0.2) is 10.9 Å². The molecule has 0 aromatic heterocycles. The Morgan fingerprint density at radius 3 is 2.93 bits per heavy atom. The van der Waals surface area contributed by atoms with Gasteiger partial charge in [-0.3, -0.25) is 10.2 Å². The third-order valence-corrected chi connectivity index (χ3v) is 2.24. The molecule has 4 heteroatoms. The Morgan fingerprint density at radius 1 is 1.50 bits per heavy atom. The molecule has 0 spiro atoms. The van der Waals surface area contributed by atoms with Gasteiger partial charge in [0, 0.05) is 25.6 Å². The quantitative estimate of drug-likeness (QED) is 0.728. The lowest BCUT2D eigenvalue weighted by Gasteiger charge is -2.14. The van der Waals surface area contributed by atoms with Crippen molar-refractivity contribution in [3.05, 3.63) is 35.1 Å². The predicted molar refractivity (Wildman–Crippen MR) is 49.5 cm³/mol. The van der Waals surface area contributed by atoms with Crippen LogP contribution in [0.2, 0.25) is 0 Å². The van der Waals surface area contributed by atoms with Gasteiger partial charge in [0.25, 0.3) is 0 Å². The van der Waals surface area contributed by atoms with E-state index in [4.69, 9.17) is 0 Å². The third kappa shape index (κ3) is 1.61. The van der Waals surface area contributed by atoms with E-state index in [9.17, 15) is 9.18 Å². The number of amides is 1. The van der Waals surface area contributed by atoms with Gasteiger partial charge in [0.1, 0.15) is 5.82 Å². The highest BCUT2D eigenvalue weighted by molar-refractivity contribution is 5.72. The van der Waals surface area contributed by atoms with Crippen LogP contribution in [0.4, 0.5) is 4.39 Å². The molecule has 1 N–H and O–H groups in total.